The van der Waals surface area contributed by atoms with Gasteiger partial charge in [-0.2, -0.15) is 5.26 Å². The van der Waals surface area contributed by atoms with E-state index in [1.54, 1.807) is 14.2 Å². The molecule has 1 atom stereocenters. The van der Waals surface area contributed by atoms with Crippen LogP contribution in [0.5, 0.6) is 11.5 Å². The van der Waals surface area contributed by atoms with Gasteiger partial charge in [0, 0.05) is 12.1 Å². The van der Waals surface area contributed by atoms with E-state index in [4.69, 9.17) is 9.47 Å². The fraction of sp³-hybridized carbons (Fsp3) is 0.333. The van der Waals surface area contributed by atoms with Crippen LogP contribution < -0.4 is 14.8 Å². The Kier molecular flexibility index (Phi) is 6.52. The molecule has 0 spiro atoms. The Balaban J connectivity index is 1.72. The summed E-state index contributed by atoms with van der Waals surface area (Å²) < 4.78 is 11.0. The van der Waals surface area contributed by atoms with E-state index in [1.807, 2.05) is 61.5 Å². The van der Waals surface area contributed by atoms with Crippen molar-refractivity contribution in [2.45, 2.75) is 31.8 Å². The molecule has 0 aliphatic carbocycles. The molecule has 3 aromatic carbocycles. The summed E-state index contributed by atoms with van der Waals surface area (Å²) in [6, 6.07) is 19.6. The highest BCUT2D eigenvalue weighted by Gasteiger charge is 2.42. The van der Waals surface area contributed by atoms with E-state index in [2.05, 4.69) is 16.3 Å². The van der Waals surface area contributed by atoms with E-state index in [-0.39, 0.29) is 12.5 Å². The number of fused-ring (bicyclic) bond motifs is 1. The van der Waals surface area contributed by atoms with Gasteiger partial charge in [-0.15, -0.1) is 0 Å². The van der Waals surface area contributed by atoms with E-state index in [0.29, 0.717) is 11.3 Å². The SMILES string of the molecule is COc1cccc(C(C)(C(=O)NCc2c(OC)c(C#N)cc3ccccc23)N2CCCC2)c1. The second-order valence-corrected chi connectivity index (χ2v) is 8.45. The first-order valence-electron chi connectivity index (χ1n) is 11.2. The van der Waals surface area contributed by atoms with Crippen molar-refractivity contribution in [3.05, 3.63) is 71.3 Å². The molecule has 1 heterocycles. The normalized spacial score (nSPS) is 15.6. The van der Waals surface area contributed by atoms with Gasteiger partial charge in [0.15, 0.2) is 0 Å². The first-order chi connectivity index (χ1) is 16.0. The highest BCUT2D eigenvalue weighted by molar-refractivity contribution is 5.91. The number of likely N-dealkylation sites (tertiary alicyclic amines) is 1. The summed E-state index contributed by atoms with van der Waals surface area (Å²) in [6.07, 6.45) is 2.13. The highest BCUT2D eigenvalue weighted by Crippen LogP contribution is 2.35. The lowest BCUT2D eigenvalue weighted by Gasteiger charge is -2.38. The van der Waals surface area contributed by atoms with Crippen LogP contribution >= 0.6 is 0 Å². The Hall–Kier alpha value is -3.56. The second-order valence-electron chi connectivity index (χ2n) is 8.45. The summed E-state index contributed by atoms with van der Waals surface area (Å²) >= 11 is 0. The number of nitriles is 1. The molecule has 0 aromatic heterocycles. The van der Waals surface area contributed by atoms with Crippen LogP contribution in [0.3, 0.4) is 0 Å². The summed E-state index contributed by atoms with van der Waals surface area (Å²) in [5, 5.41) is 14.7. The summed E-state index contributed by atoms with van der Waals surface area (Å²) in [7, 11) is 3.19. The van der Waals surface area contributed by atoms with Gasteiger partial charge in [-0.1, -0.05) is 36.4 Å². The molecule has 0 bridgehead atoms. The minimum absolute atomic E-state index is 0.0915. The number of carbonyl (C=O) groups excluding carboxylic acids is 1. The average Bonchev–Trinajstić information content (AvgIpc) is 3.41. The molecule has 4 rings (SSSR count). The number of carbonyl (C=O) groups is 1. The molecule has 33 heavy (non-hydrogen) atoms. The van der Waals surface area contributed by atoms with Crippen molar-refractivity contribution < 1.29 is 14.3 Å². The third-order valence-corrected chi connectivity index (χ3v) is 6.67. The first-order valence-corrected chi connectivity index (χ1v) is 11.2. The molecule has 1 amide bonds. The number of benzene rings is 3. The maximum Gasteiger partial charge on any atom is 0.245 e. The van der Waals surface area contributed by atoms with Crippen molar-refractivity contribution >= 4 is 16.7 Å². The van der Waals surface area contributed by atoms with Gasteiger partial charge in [-0.3, -0.25) is 9.69 Å². The van der Waals surface area contributed by atoms with E-state index in [1.165, 1.54) is 0 Å². The molecule has 6 heteroatoms. The molecule has 0 saturated carbocycles. The highest BCUT2D eigenvalue weighted by atomic mass is 16.5. The lowest BCUT2D eigenvalue weighted by Crippen LogP contribution is -2.53. The molecule has 1 fully saturated rings. The zero-order valence-corrected chi connectivity index (χ0v) is 19.4. The van der Waals surface area contributed by atoms with Gasteiger partial charge in [-0.25, -0.2) is 0 Å². The molecule has 1 N–H and O–H groups in total. The second kappa shape index (κ2) is 9.51. The van der Waals surface area contributed by atoms with Gasteiger partial charge in [0.1, 0.15) is 23.1 Å². The van der Waals surface area contributed by atoms with Gasteiger partial charge in [0.25, 0.3) is 0 Å². The lowest BCUT2D eigenvalue weighted by molar-refractivity contribution is -0.133. The van der Waals surface area contributed by atoms with Gasteiger partial charge in [0.2, 0.25) is 5.91 Å². The van der Waals surface area contributed by atoms with Crippen molar-refractivity contribution in [3.63, 3.8) is 0 Å². The lowest BCUT2D eigenvalue weighted by atomic mass is 9.88. The number of ether oxygens (including phenoxy) is 2. The molecule has 1 aliphatic rings. The molecule has 6 nitrogen and oxygen atoms in total. The van der Waals surface area contributed by atoms with E-state index in [0.717, 1.165) is 53.6 Å². The van der Waals surface area contributed by atoms with E-state index < -0.39 is 5.54 Å². The van der Waals surface area contributed by atoms with Gasteiger partial charge < -0.3 is 14.8 Å². The van der Waals surface area contributed by atoms with Crippen LogP contribution in [0.25, 0.3) is 10.8 Å². The van der Waals surface area contributed by atoms with Crippen molar-refractivity contribution in [1.82, 2.24) is 10.2 Å². The Labute approximate surface area is 194 Å². The maximum atomic E-state index is 13.8. The van der Waals surface area contributed by atoms with Crippen molar-refractivity contribution in [3.8, 4) is 17.6 Å². The number of amides is 1. The van der Waals surface area contributed by atoms with Gasteiger partial charge in [-0.05, 0) is 67.4 Å². The van der Waals surface area contributed by atoms with E-state index in [9.17, 15) is 10.1 Å². The van der Waals surface area contributed by atoms with Crippen LogP contribution in [0.2, 0.25) is 0 Å². The third-order valence-electron chi connectivity index (χ3n) is 6.67. The van der Waals surface area contributed by atoms with Crippen LogP contribution in [0.1, 0.15) is 36.5 Å². The Bertz CT molecular complexity index is 1210. The Morgan fingerprint density at radius 2 is 1.85 bits per heavy atom. The van der Waals surface area contributed by atoms with Crippen molar-refractivity contribution in [2.75, 3.05) is 27.3 Å². The molecular formula is C27H29N3O3. The maximum absolute atomic E-state index is 13.8. The number of methoxy groups -OCH3 is 2. The standard InChI is InChI=1S/C27H29N3O3/c1-27(30-13-6-7-14-30,21-10-8-11-22(16-21)32-2)26(31)29-18-24-23-12-5-4-9-19(23)15-20(17-28)25(24)33-3/h4-5,8-12,15-16H,6-7,13-14,18H2,1-3H3,(H,29,31). The van der Waals surface area contributed by atoms with Crippen LogP contribution in [0, 0.1) is 11.3 Å². The first kappa shape index (κ1) is 22.6. The third kappa shape index (κ3) is 4.12. The molecule has 0 radical (unpaired) electrons. The number of nitrogens with zero attached hydrogens (tertiary/aromatic N) is 2. The average molecular weight is 444 g/mol. The van der Waals surface area contributed by atoms with Gasteiger partial charge >= 0.3 is 0 Å². The number of hydrogen-bond donors (Lipinski definition) is 1. The number of rotatable bonds is 7. The molecule has 170 valence electrons. The fourth-order valence-electron chi connectivity index (χ4n) is 4.78. The van der Waals surface area contributed by atoms with Crippen molar-refractivity contribution in [2.24, 2.45) is 0 Å². The topological polar surface area (TPSA) is 74.6 Å². The van der Waals surface area contributed by atoms with Crippen molar-refractivity contribution in [1.29, 1.82) is 5.26 Å². The monoisotopic (exact) mass is 443 g/mol. The summed E-state index contributed by atoms with van der Waals surface area (Å²) in [6.45, 7) is 3.95. The largest absolute Gasteiger partial charge is 0.497 e. The molecule has 1 aliphatic heterocycles. The van der Waals surface area contributed by atoms with Crippen LogP contribution in [0.15, 0.2) is 54.6 Å². The molecule has 1 saturated heterocycles. The minimum Gasteiger partial charge on any atom is -0.497 e. The number of hydrogen-bond acceptors (Lipinski definition) is 5. The Morgan fingerprint density at radius 3 is 2.55 bits per heavy atom. The number of nitrogens with one attached hydrogen (secondary N) is 1. The summed E-state index contributed by atoms with van der Waals surface area (Å²) in [5.74, 6) is 1.13. The van der Waals surface area contributed by atoms with Crippen LogP contribution in [-0.4, -0.2) is 38.1 Å². The fourth-order valence-corrected chi connectivity index (χ4v) is 4.78. The van der Waals surface area contributed by atoms with Crippen LogP contribution in [0.4, 0.5) is 0 Å². The summed E-state index contributed by atoms with van der Waals surface area (Å²) in [5.41, 5.74) is 1.30. The van der Waals surface area contributed by atoms with E-state index >= 15 is 0 Å². The minimum atomic E-state index is -0.846. The predicted octanol–water partition coefficient (Wildman–Crippen LogP) is 4.36. The molecule has 3 aromatic rings. The van der Waals surface area contributed by atoms with Gasteiger partial charge in [0.05, 0.1) is 19.8 Å². The zero-order valence-electron chi connectivity index (χ0n) is 19.4. The Morgan fingerprint density at radius 1 is 1.09 bits per heavy atom. The quantitative estimate of drug-likeness (QED) is 0.587. The predicted molar refractivity (Wildman–Crippen MR) is 128 cm³/mol. The van der Waals surface area contributed by atoms with Crippen LogP contribution in [-0.2, 0) is 16.9 Å². The smallest absolute Gasteiger partial charge is 0.245 e. The molecular weight excluding hydrogens is 414 g/mol. The summed E-state index contributed by atoms with van der Waals surface area (Å²) in [4.78, 5) is 16.1. The molecule has 1 unspecified atom stereocenters. The zero-order chi connectivity index (χ0) is 23.4.